The summed E-state index contributed by atoms with van der Waals surface area (Å²) in [7, 11) is 0. The molecular formula is C10H16O. The summed E-state index contributed by atoms with van der Waals surface area (Å²) in [5, 5.41) is 0. The van der Waals surface area contributed by atoms with E-state index in [2.05, 4.69) is 13.0 Å². The summed E-state index contributed by atoms with van der Waals surface area (Å²) in [6.07, 6.45) is 9.06. The third kappa shape index (κ3) is 2.87. The van der Waals surface area contributed by atoms with Crippen molar-refractivity contribution in [3.63, 3.8) is 0 Å². The Labute approximate surface area is 68.5 Å². The first-order valence-electron chi connectivity index (χ1n) is 4.44. The predicted molar refractivity (Wildman–Crippen MR) is 46.4 cm³/mol. The molecule has 1 aliphatic carbocycles. The van der Waals surface area contributed by atoms with Crippen molar-refractivity contribution in [3.05, 3.63) is 11.6 Å². The topological polar surface area (TPSA) is 17.1 Å². The molecule has 0 aromatic rings. The molecule has 1 unspecified atom stereocenters. The highest BCUT2D eigenvalue weighted by atomic mass is 16.1. The van der Waals surface area contributed by atoms with E-state index in [1.165, 1.54) is 19.3 Å². The number of carbonyl (C=O) groups is 1. The van der Waals surface area contributed by atoms with Crippen LogP contribution in [-0.2, 0) is 4.79 Å². The van der Waals surface area contributed by atoms with Crippen LogP contribution in [0, 0.1) is 5.92 Å². The first-order chi connectivity index (χ1) is 5.33. The number of carbonyl (C=O) groups excluding carboxylic acids is 1. The number of aldehydes is 1. The minimum Gasteiger partial charge on any atom is -0.303 e. The van der Waals surface area contributed by atoms with Crippen molar-refractivity contribution >= 4 is 6.29 Å². The van der Waals surface area contributed by atoms with Gasteiger partial charge in [0.15, 0.2) is 0 Å². The molecule has 1 rings (SSSR count). The van der Waals surface area contributed by atoms with Crippen LogP contribution in [0.4, 0.5) is 0 Å². The second-order valence-corrected chi connectivity index (χ2v) is 3.47. The predicted octanol–water partition coefficient (Wildman–Crippen LogP) is 2.71. The molecule has 1 heteroatoms. The average Bonchev–Trinajstić information content (AvgIpc) is 2.40. The Morgan fingerprint density at radius 2 is 2.55 bits per heavy atom. The highest BCUT2D eigenvalue weighted by Gasteiger charge is 2.08. The van der Waals surface area contributed by atoms with Crippen LogP contribution in [-0.4, -0.2) is 6.29 Å². The van der Waals surface area contributed by atoms with Gasteiger partial charge in [-0.25, -0.2) is 0 Å². The van der Waals surface area contributed by atoms with Gasteiger partial charge in [-0.3, -0.25) is 0 Å². The van der Waals surface area contributed by atoms with Crippen LogP contribution in [0.3, 0.4) is 0 Å². The van der Waals surface area contributed by atoms with Crippen molar-refractivity contribution in [1.29, 1.82) is 0 Å². The lowest BCUT2D eigenvalue weighted by Gasteiger charge is -2.07. The highest BCUT2D eigenvalue weighted by Crippen LogP contribution is 2.24. The zero-order valence-electron chi connectivity index (χ0n) is 7.18. The number of hydrogen-bond acceptors (Lipinski definition) is 1. The molecule has 0 aromatic heterocycles. The lowest BCUT2D eigenvalue weighted by molar-refractivity contribution is -0.108. The quantitative estimate of drug-likeness (QED) is 0.447. The molecule has 62 valence electrons. The van der Waals surface area contributed by atoms with E-state index in [0.717, 1.165) is 19.1 Å². The zero-order valence-corrected chi connectivity index (χ0v) is 7.18. The maximum Gasteiger partial charge on any atom is 0.120 e. The van der Waals surface area contributed by atoms with Crippen molar-refractivity contribution < 1.29 is 4.79 Å². The normalized spacial score (nSPS) is 19.5. The molecule has 0 aliphatic heterocycles. The summed E-state index contributed by atoms with van der Waals surface area (Å²) in [4.78, 5) is 10.2. The fraction of sp³-hybridized carbons (Fsp3) is 0.700. The van der Waals surface area contributed by atoms with Crippen molar-refractivity contribution in [3.8, 4) is 0 Å². The van der Waals surface area contributed by atoms with E-state index in [-0.39, 0.29) is 0 Å². The Morgan fingerprint density at radius 3 is 3.09 bits per heavy atom. The number of hydrogen-bond donors (Lipinski definition) is 0. The fourth-order valence-corrected chi connectivity index (χ4v) is 1.62. The van der Waals surface area contributed by atoms with E-state index in [0.29, 0.717) is 5.92 Å². The van der Waals surface area contributed by atoms with Crippen LogP contribution in [0.2, 0.25) is 0 Å². The Bertz CT molecular complexity index is 158. The molecule has 11 heavy (non-hydrogen) atoms. The summed E-state index contributed by atoms with van der Waals surface area (Å²) < 4.78 is 0. The molecule has 0 amide bonds. The van der Waals surface area contributed by atoms with Crippen molar-refractivity contribution in [2.75, 3.05) is 0 Å². The molecule has 0 N–H and O–H groups in total. The molecule has 0 aromatic carbocycles. The Hall–Kier alpha value is -0.590. The number of allylic oxidation sites excluding steroid dienone is 2. The fourth-order valence-electron chi connectivity index (χ4n) is 1.62. The van der Waals surface area contributed by atoms with Crippen LogP contribution in [0.15, 0.2) is 11.6 Å². The third-order valence-electron chi connectivity index (χ3n) is 2.24. The van der Waals surface area contributed by atoms with Gasteiger partial charge in [-0.05, 0) is 31.6 Å². The molecule has 1 atom stereocenters. The van der Waals surface area contributed by atoms with Gasteiger partial charge in [0.25, 0.3) is 0 Å². The number of rotatable bonds is 4. The van der Waals surface area contributed by atoms with Gasteiger partial charge in [0.05, 0.1) is 0 Å². The molecule has 1 aliphatic rings. The monoisotopic (exact) mass is 152 g/mol. The summed E-state index contributed by atoms with van der Waals surface area (Å²) in [5.41, 5.74) is 1.57. The van der Waals surface area contributed by atoms with Crippen LogP contribution in [0.1, 0.15) is 39.0 Å². The average molecular weight is 152 g/mol. The van der Waals surface area contributed by atoms with Gasteiger partial charge in [0.1, 0.15) is 6.29 Å². The lowest BCUT2D eigenvalue weighted by atomic mass is 9.98. The molecule has 0 heterocycles. The minimum atomic E-state index is 0.553. The van der Waals surface area contributed by atoms with E-state index in [1.807, 2.05) is 0 Å². The maximum atomic E-state index is 10.2. The van der Waals surface area contributed by atoms with Gasteiger partial charge in [0, 0.05) is 6.42 Å². The van der Waals surface area contributed by atoms with E-state index in [1.54, 1.807) is 5.57 Å². The lowest BCUT2D eigenvalue weighted by Crippen LogP contribution is -1.96. The van der Waals surface area contributed by atoms with Crippen LogP contribution < -0.4 is 0 Å². The van der Waals surface area contributed by atoms with E-state index >= 15 is 0 Å². The van der Waals surface area contributed by atoms with Gasteiger partial charge < -0.3 is 4.79 Å². The van der Waals surface area contributed by atoms with E-state index in [4.69, 9.17) is 0 Å². The van der Waals surface area contributed by atoms with E-state index < -0.39 is 0 Å². The SMILES string of the molecule is CC(CC=O)CC1=CCCC1. The summed E-state index contributed by atoms with van der Waals surface area (Å²) >= 11 is 0. The van der Waals surface area contributed by atoms with Gasteiger partial charge in [-0.15, -0.1) is 0 Å². The third-order valence-corrected chi connectivity index (χ3v) is 2.24. The van der Waals surface area contributed by atoms with Crippen LogP contribution >= 0.6 is 0 Å². The smallest absolute Gasteiger partial charge is 0.120 e. The van der Waals surface area contributed by atoms with E-state index in [9.17, 15) is 4.79 Å². The van der Waals surface area contributed by atoms with Crippen molar-refractivity contribution in [2.45, 2.75) is 39.0 Å². The first-order valence-corrected chi connectivity index (χ1v) is 4.44. The van der Waals surface area contributed by atoms with Crippen molar-refractivity contribution in [1.82, 2.24) is 0 Å². The largest absolute Gasteiger partial charge is 0.303 e. The highest BCUT2D eigenvalue weighted by molar-refractivity contribution is 5.49. The van der Waals surface area contributed by atoms with Crippen LogP contribution in [0.25, 0.3) is 0 Å². The van der Waals surface area contributed by atoms with Crippen molar-refractivity contribution in [2.24, 2.45) is 5.92 Å². The maximum absolute atomic E-state index is 10.2. The minimum absolute atomic E-state index is 0.553. The molecule has 0 saturated heterocycles. The molecular weight excluding hydrogens is 136 g/mol. The summed E-state index contributed by atoms with van der Waals surface area (Å²) in [6.45, 7) is 2.15. The Balaban J connectivity index is 2.23. The first kappa shape index (κ1) is 8.51. The molecule has 0 radical (unpaired) electrons. The summed E-state index contributed by atoms with van der Waals surface area (Å²) in [6, 6.07) is 0. The molecule has 0 spiro atoms. The standard InChI is InChI=1S/C10H16O/c1-9(6-7-11)8-10-4-2-3-5-10/h4,7,9H,2-3,5-6,8H2,1H3. The Morgan fingerprint density at radius 1 is 1.73 bits per heavy atom. The van der Waals surface area contributed by atoms with Crippen LogP contribution in [0.5, 0.6) is 0 Å². The van der Waals surface area contributed by atoms with Gasteiger partial charge >= 0.3 is 0 Å². The zero-order chi connectivity index (χ0) is 8.10. The molecule has 0 bridgehead atoms. The molecule has 0 fully saturated rings. The Kier molecular flexibility index (Phi) is 3.34. The summed E-state index contributed by atoms with van der Waals surface area (Å²) in [5.74, 6) is 0.553. The van der Waals surface area contributed by atoms with Gasteiger partial charge in [0.2, 0.25) is 0 Å². The second-order valence-electron chi connectivity index (χ2n) is 3.47. The molecule has 1 nitrogen and oxygen atoms in total. The van der Waals surface area contributed by atoms with Gasteiger partial charge in [-0.1, -0.05) is 18.6 Å². The van der Waals surface area contributed by atoms with Gasteiger partial charge in [-0.2, -0.15) is 0 Å². The second kappa shape index (κ2) is 4.32. The molecule has 0 saturated carbocycles.